The zero-order chi connectivity index (χ0) is 22.9. The second-order valence-corrected chi connectivity index (χ2v) is 10.9. The van der Waals surface area contributed by atoms with Crippen LogP contribution in [0.2, 0.25) is 0 Å². The van der Waals surface area contributed by atoms with Gasteiger partial charge in [0.2, 0.25) is 5.91 Å². The number of nitrogens with one attached hydrogen (secondary N) is 1. The lowest BCUT2D eigenvalue weighted by Gasteiger charge is -2.58. The monoisotopic (exact) mass is 458 g/mol. The molecule has 3 N–H and O–H groups in total. The molecule has 2 aromatic rings. The Bertz CT molecular complexity index is 949. The number of benzene rings is 1. The lowest BCUT2D eigenvalue weighted by molar-refractivity contribution is -0.144. The smallest absolute Gasteiger partial charge is 0.220 e. The summed E-state index contributed by atoms with van der Waals surface area (Å²) in [5, 5.41) is 25.1. The average Bonchev–Trinajstić information content (AvgIpc) is 3.23. The summed E-state index contributed by atoms with van der Waals surface area (Å²) in [4.78, 5) is 19.1. The number of nitrogens with zero attached hydrogens (tertiary/aromatic N) is 1. The fraction of sp³-hybridized carbons (Fsp3) is 0.600. The normalized spacial score (nSPS) is 31.6. The molecule has 1 aromatic carbocycles. The average molecular weight is 459 g/mol. The van der Waals surface area contributed by atoms with E-state index in [9.17, 15) is 15.0 Å². The molecule has 0 aliphatic heterocycles. The van der Waals surface area contributed by atoms with E-state index in [1.165, 1.54) is 4.88 Å². The number of hydrogen-bond acceptors (Lipinski definition) is 6. The Labute approximate surface area is 194 Å². The fourth-order valence-corrected chi connectivity index (χ4v) is 7.07. The number of carbonyl (C=O) groups excluding carboxylic acids is 1. The molecule has 1 saturated carbocycles. The molecule has 1 amide bonds. The molecule has 0 radical (unpaired) electrons. The van der Waals surface area contributed by atoms with Crippen molar-refractivity contribution >= 4 is 17.2 Å². The van der Waals surface area contributed by atoms with Crippen LogP contribution in [0.4, 0.5) is 0 Å². The molecule has 32 heavy (non-hydrogen) atoms. The summed E-state index contributed by atoms with van der Waals surface area (Å²) in [6.07, 6.45) is 2.00. The van der Waals surface area contributed by atoms with Gasteiger partial charge in [0.15, 0.2) is 0 Å². The van der Waals surface area contributed by atoms with Crippen LogP contribution in [0.25, 0.3) is 10.6 Å². The SMILES string of the molecule is COCCNC(=O)C[C@@H]1c2nc(-c3ccccc3)sc2C[C@@H]2[C@](C)(CO)[C@H](O)CC[C@]21C. The van der Waals surface area contributed by atoms with Gasteiger partial charge in [0.1, 0.15) is 5.01 Å². The summed E-state index contributed by atoms with van der Waals surface area (Å²) in [6.45, 7) is 5.12. The summed E-state index contributed by atoms with van der Waals surface area (Å²) in [7, 11) is 1.62. The molecule has 2 aliphatic rings. The van der Waals surface area contributed by atoms with Gasteiger partial charge >= 0.3 is 0 Å². The van der Waals surface area contributed by atoms with Crippen molar-refractivity contribution in [1.29, 1.82) is 0 Å². The molecule has 4 rings (SSSR count). The third-order valence-corrected chi connectivity index (χ3v) is 9.07. The lowest BCUT2D eigenvalue weighted by atomic mass is 9.47. The van der Waals surface area contributed by atoms with Crippen LogP contribution in [0, 0.1) is 16.7 Å². The second-order valence-electron chi connectivity index (χ2n) is 9.77. The summed E-state index contributed by atoms with van der Waals surface area (Å²) in [5.74, 6) is -0.00561. The van der Waals surface area contributed by atoms with Gasteiger partial charge in [-0.15, -0.1) is 11.3 Å². The molecule has 1 aromatic heterocycles. The third kappa shape index (κ3) is 4.00. The van der Waals surface area contributed by atoms with Crippen molar-refractivity contribution < 1.29 is 19.7 Å². The molecule has 0 bridgehead atoms. The number of rotatable bonds is 7. The highest BCUT2D eigenvalue weighted by Crippen LogP contribution is 2.62. The predicted octanol–water partition coefficient (Wildman–Crippen LogP) is 3.38. The van der Waals surface area contributed by atoms with Gasteiger partial charge in [-0.05, 0) is 30.6 Å². The van der Waals surface area contributed by atoms with E-state index in [-0.39, 0.29) is 29.8 Å². The van der Waals surface area contributed by atoms with Gasteiger partial charge in [-0.2, -0.15) is 0 Å². The molecule has 2 aliphatic carbocycles. The first-order valence-electron chi connectivity index (χ1n) is 11.4. The number of methoxy groups -OCH3 is 1. The Balaban J connectivity index is 1.75. The van der Waals surface area contributed by atoms with Crippen molar-refractivity contribution in [3.05, 3.63) is 40.9 Å². The van der Waals surface area contributed by atoms with Gasteiger partial charge in [0, 0.05) is 41.8 Å². The van der Waals surface area contributed by atoms with Crippen molar-refractivity contribution in [1.82, 2.24) is 10.3 Å². The number of amides is 1. The summed E-state index contributed by atoms with van der Waals surface area (Å²) >= 11 is 1.68. The Morgan fingerprint density at radius 3 is 2.75 bits per heavy atom. The first-order valence-corrected chi connectivity index (χ1v) is 12.2. The maximum Gasteiger partial charge on any atom is 0.220 e. The maximum atomic E-state index is 12.9. The molecule has 0 spiro atoms. The standard InChI is InChI=1S/C25H34N2O4S/c1-24-10-9-20(29)25(2,15-28)19(24)14-18-22(17(24)13-21(30)26-11-12-31-3)27-23(32-18)16-7-5-4-6-8-16/h4-8,17,19-20,28-29H,9-15H2,1-3H3,(H,26,30)/t17-,19+,20-,24+,25+/m1/s1. The maximum absolute atomic E-state index is 12.9. The second kappa shape index (κ2) is 9.21. The number of aliphatic hydroxyl groups is 2. The number of carbonyl (C=O) groups is 1. The third-order valence-electron chi connectivity index (χ3n) is 7.93. The van der Waals surface area contributed by atoms with Crippen LogP contribution >= 0.6 is 11.3 Å². The van der Waals surface area contributed by atoms with Crippen molar-refractivity contribution in [2.75, 3.05) is 26.9 Å². The summed E-state index contributed by atoms with van der Waals surface area (Å²) < 4.78 is 5.07. The Morgan fingerprint density at radius 2 is 2.06 bits per heavy atom. The van der Waals surface area contributed by atoms with E-state index in [0.29, 0.717) is 26.0 Å². The van der Waals surface area contributed by atoms with Gasteiger partial charge in [0.05, 0.1) is 25.0 Å². The van der Waals surface area contributed by atoms with Crippen molar-refractivity contribution in [3.8, 4) is 10.6 Å². The van der Waals surface area contributed by atoms with Crippen molar-refractivity contribution in [2.24, 2.45) is 16.7 Å². The summed E-state index contributed by atoms with van der Waals surface area (Å²) in [6, 6.07) is 10.1. The van der Waals surface area contributed by atoms with E-state index < -0.39 is 11.5 Å². The fourth-order valence-electron chi connectivity index (χ4n) is 5.90. The van der Waals surface area contributed by atoms with Crippen LogP contribution in [-0.2, 0) is 16.0 Å². The molecular weight excluding hydrogens is 424 g/mol. The number of hydrogen-bond donors (Lipinski definition) is 3. The zero-order valence-corrected chi connectivity index (χ0v) is 20.0. The van der Waals surface area contributed by atoms with Crippen LogP contribution in [0.3, 0.4) is 0 Å². The summed E-state index contributed by atoms with van der Waals surface area (Å²) in [5.41, 5.74) is 1.26. The van der Waals surface area contributed by atoms with Crippen molar-refractivity contribution in [2.45, 2.75) is 51.6 Å². The van der Waals surface area contributed by atoms with E-state index in [1.807, 2.05) is 25.1 Å². The van der Waals surface area contributed by atoms with E-state index >= 15 is 0 Å². The van der Waals surface area contributed by atoms with Crippen LogP contribution in [-0.4, -0.2) is 54.1 Å². The van der Waals surface area contributed by atoms with Crippen LogP contribution in [0.5, 0.6) is 0 Å². The van der Waals surface area contributed by atoms with E-state index in [0.717, 1.165) is 29.1 Å². The molecular formula is C25H34N2O4S. The Kier molecular flexibility index (Phi) is 6.73. The topological polar surface area (TPSA) is 91.7 Å². The minimum atomic E-state index is -0.605. The quantitative estimate of drug-likeness (QED) is 0.554. The van der Waals surface area contributed by atoms with Gasteiger partial charge < -0.3 is 20.3 Å². The van der Waals surface area contributed by atoms with Gasteiger partial charge in [-0.25, -0.2) is 4.98 Å². The lowest BCUT2D eigenvalue weighted by Crippen LogP contribution is -2.57. The first-order chi connectivity index (χ1) is 15.3. The van der Waals surface area contributed by atoms with Crippen LogP contribution in [0.15, 0.2) is 30.3 Å². The van der Waals surface area contributed by atoms with E-state index in [1.54, 1.807) is 18.4 Å². The molecule has 174 valence electrons. The van der Waals surface area contributed by atoms with Crippen LogP contribution < -0.4 is 5.32 Å². The van der Waals surface area contributed by atoms with E-state index in [4.69, 9.17) is 9.72 Å². The number of thiazole rings is 1. The highest BCUT2D eigenvalue weighted by atomic mass is 32.1. The highest BCUT2D eigenvalue weighted by molar-refractivity contribution is 7.15. The Morgan fingerprint density at radius 1 is 1.31 bits per heavy atom. The molecule has 6 nitrogen and oxygen atoms in total. The molecule has 0 saturated heterocycles. The Hall–Kier alpha value is -1.80. The molecule has 5 atom stereocenters. The molecule has 7 heteroatoms. The van der Waals surface area contributed by atoms with Gasteiger partial charge in [0.25, 0.3) is 0 Å². The minimum absolute atomic E-state index is 0.00837. The number of aromatic nitrogens is 1. The van der Waals surface area contributed by atoms with E-state index in [2.05, 4.69) is 24.4 Å². The number of aliphatic hydroxyl groups excluding tert-OH is 2. The van der Waals surface area contributed by atoms with Crippen molar-refractivity contribution in [3.63, 3.8) is 0 Å². The minimum Gasteiger partial charge on any atom is -0.396 e. The molecule has 0 unspecified atom stereocenters. The first kappa shape index (κ1) is 23.4. The largest absolute Gasteiger partial charge is 0.396 e. The van der Waals surface area contributed by atoms with Crippen LogP contribution in [0.1, 0.15) is 49.6 Å². The number of ether oxygens (including phenoxy) is 1. The predicted molar refractivity (Wildman–Crippen MR) is 126 cm³/mol. The zero-order valence-electron chi connectivity index (χ0n) is 19.1. The highest BCUT2D eigenvalue weighted by Gasteiger charge is 2.59. The molecule has 1 fully saturated rings. The van der Waals surface area contributed by atoms with Gasteiger partial charge in [-0.3, -0.25) is 4.79 Å². The van der Waals surface area contributed by atoms with Gasteiger partial charge in [-0.1, -0.05) is 44.2 Å². The molecule has 1 heterocycles. The number of fused-ring (bicyclic) bond motifs is 2.